The van der Waals surface area contributed by atoms with Crippen molar-refractivity contribution in [3.8, 4) is 0 Å². The molecule has 1 aliphatic heterocycles. The molecule has 3 aromatic rings. The van der Waals surface area contributed by atoms with E-state index in [0.717, 1.165) is 20.8 Å². The van der Waals surface area contributed by atoms with E-state index in [1.807, 2.05) is 44.2 Å². The summed E-state index contributed by atoms with van der Waals surface area (Å²) in [5, 5.41) is 0.619. The zero-order chi connectivity index (χ0) is 19.1. The SMILES string of the molecule is Cc1sc2ncn(CC(=O)N3C[C@@H](N)[C@H](c4ccccc4)C3)c(=O)c2c1C.Cl. The van der Waals surface area contributed by atoms with Crippen molar-refractivity contribution in [2.45, 2.75) is 32.4 Å². The van der Waals surface area contributed by atoms with Crippen molar-refractivity contribution in [3.05, 3.63) is 63.0 Å². The number of hydrogen-bond acceptors (Lipinski definition) is 5. The first-order chi connectivity index (χ1) is 13.0. The lowest BCUT2D eigenvalue weighted by Crippen LogP contribution is -2.36. The summed E-state index contributed by atoms with van der Waals surface area (Å²) in [6.07, 6.45) is 1.47. The molecule has 0 unspecified atom stereocenters. The summed E-state index contributed by atoms with van der Waals surface area (Å²) in [7, 11) is 0. The van der Waals surface area contributed by atoms with Crippen LogP contribution in [0.4, 0.5) is 0 Å². The van der Waals surface area contributed by atoms with Crippen LogP contribution in [0.5, 0.6) is 0 Å². The molecule has 0 radical (unpaired) electrons. The molecule has 28 heavy (non-hydrogen) atoms. The van der Waals surface area contributed by atoms with Gasteiger partial charge in [0.25, 0.3) is 5.56 Å². The summed E-state index contributed by atoms with van der Waals surface area (Å²) in [6, 6.07) is 9.92. The maximum absolute atomic E-state index is 12.8. The Bertz CT molecular complexity index is 1060. The zero-order valence-corrected chi connectivity index (χ0v) is 17.4. The van der Waals surface area contributed by atoms with Crippen LogP contribution in [0, 0.1) is 13.8 Å². The Morgan fingerprint density at radius 2 is 1.96 bits per heavy atom. The second-order valence-electron chi connectivity index (χ2n) is 7.12. The molecule has 1 saturated heterocycles. The Morgan fingerprint density at radius 3 is 2.68 bits per heavy atom. The van der Waals surface area contributed by atoms with Crippen LogP contribution in [0.1, 0.15) is 21.9 Å². The maximum Gasteiger partial charge on any atom is 0.262 e. The van der Waals surface area contributed by atoms with E-state index < -0.39 is 0 Å². The van der Waals surface area contributed by atoms with E-state index in [0.29, 0.717) is 18.5 Å². The summed E-state index contributed by atoms with van der Waals surface area (Å²) < 4.78 is 1.41. The third kappa shape index (κ3) is 3.57. The average Bonchev–Trinajstić information content (AvgIpc) is 3.19. The first-order valence-corrected chi connectivity index (χ1v) is 9.80. The molecule has 0 spiro atoms. The molecule has 4 rings (SSSR count). The van der Waals surface area contributed by atoms with E-state index in [2.05, 4.69) is 4.98 Å². The molecule has 1 aromatic carbocycles. The summed E-state index contributed by atoms with van der Waals surface area (Å²) >= 11 is 1.51. The number of carbonyl (C=O) groups is 1. The fourth-order valence-electron chi connectivity index (χ4n) is 3.71. The molecule has 2 atom stereocenters. The second-order valence-corrected chi connectivity index (χ2v) is 8.32. The van der Waals surface area contributed by atoms with E-state index in [9.17, 15) is 9.59 Å². The van der Waals surface area contributed by atoms with Crippen LogP contribution in [0.25, 0.3) is 10.2 Å². The number of nitrogens with two attached hydrogens (primary N) is 1. The summed E-state index contributed by atoms with van der Waals surface area (Å²) in [4.78, 5) is 33.5. The number of rotatable bonds is 3. The Kier molecular flexibility index (Phi) is 5.88. The highest BCUT2D eigenvalue weighted by atomic mass is 35.5. The standard InChI is InChI=1S/C20H22N4O2S.ClH/c1-12-13(2)27-19-18(12)20(26)24(11-22-19)10-17(25)23-8-15(16(21)9-23)14-6-4-3-5-7-14;/h3-7,11,15-16H,8-10,21H2,1-2H3;1H/t15-,16+;/m0./s1. The van der Waals surface area contributed by atoms with E-state index in [-0.39, 0.29) is 42.4 Å². The van der Waals surface area contributed by atoms with Gasteiger partial charge in [0.1, 0.15) is 11.4 Å². The smallest absolute Gasteiger partial charge is 0.262 e. The number of fused-ring (bicyclic) bond motifs is 1. The molecular formula is C20H23ClN4O2S. The largest absolute Gasteiger partial charge is 0.339 e. The number of thiophene rings is 1. The number of nitrogens with zero attached hydrogens (tertiary/aromatic N) is 3. The van der Waals surface area contributed by atoms with Gasteiger partial charge in [0.15, 0.2) is 0 Å². The molecule has 1 aliphatic rings. The summed E-state index contributed by atoms with van der Waals surface area (Å²) in [6.45, 7) is 4.97. The van der Waals surface area contributed by atoms with E-state index in [4.69, 9.17) is 5.73 Å². The van der Waals surface area contributed by atoms with Crippen LogP contribution in [0.15, 0.2) is 41.5 Å². The topological polar surface area (TPSA) is 81.2 Å². The van der Waals surface area contributed by atoms with Crippen LogP contribution in [-0.2, 0) is 11.3 Å². The number of likely N-dealkylation sites (tertiary alicyclic amines) is 1. The predicted molar refractivity (Wildman–Crippen MR) is 114 cm³/mol. The number of carbonyl (C=O) groups excluding carboxylic acids is 1. The lowest BCUT2D eigenvalue weighted by atomic mass is 9.95. The van der Waals surface area contributed by atoms with Gasteiger partial charge < -0.3 is 10.6 Å². The Balaban J connectivity index is 0.00000225. The zero-order valence-electron chi connectivity index (χ0n) is 15.8. The fraction of sp³-hybridized carbons (Fsp3) is 0.350. The van der Waals surface area contributed by atoms with Gasteiger partial charge in [-0.1, -0.05) is 30.3 Å². The molecule has 148 valence electrons. The predicted octanol–water partition coefficient (Wildman–Crippen LogP) is 2.45. The van der Waals surface area contributed by atoms with Gasteiger partial charge in [-0.25, -0.2) is 4.98 Å². The molecule has 6 nitrogen and oxygen atoms in total. The van der Waals surface area contributed by atoms with Gasteiger partial charge in [-0.15, -0.1) is 23.7 Å². The third-order valence-corrected chi connectivity index (χ3v) is 6.52. The molecule has 2 aromatic heterocycles. The monoisotopic (exact) mass is 418 g/mol. The van der Waals surface area contributed by atoms with E-state index in [1.165, 1.54) is 22.2 Å². The summed E-state index contributed by atoms with van der Waals surface area (Å²) in [5.41, 5.74) is 8.22. The van der Waals surface area contributed by atoms with Crippen LogP contribution in [0.2, 0.25) is 0 Å². The number of hydrogen-bond donors (Lipinski definition) is 1. The normalized spacial score (nSPS) is 19.0. The van der Waals surface area contributed by atoms with Crippen LogP contribution < -0.4 is 11.3 Å². The molecule has 1 amide bonds. The van der Waals surface area contributed by atoms with E-state index >= 15 is 0 Å². The molecule has 0 saturated carbocycles. The van der Waals surface area contributed by atoms with Gasteiger partial charge in [-0.2, -0.15) is 0 Å². The Labute approximate surface area is 173 Å². The van der Waals surface area contributed by atoms with Gasteiger partial charge in [-0.05, 0) is 25.0 Å². The number of aromatic nitrogens is 2. The minimum atomic E-state index is -0.154. The Morgan fingerprint density at radius 1 is 1.25 bits per heavy atom. The molecule has 1 fully saturated rings. The first kappa shape index (κ1) is 20.5. The lowest BCUT2D eigenvalue weighted by Gasteiger charge is -2.17. The highest BCUT2D eigenvalue weighted by Crippen LogP contribution is 2.27. The summed E-state index contributed by atoms with van der Waals surface area (Å²) in [5.74, 6) is 0.0194. The van der Waals surface area contributed by atoms with Crippen molar-refractivity contribution in [2.24, 2.45) is 5.73 Å². The second kappa shape index (κ2) is 8.03. The molecule has 8 heteroatoms. The van der Waals surface area contributed by atoms with Crippen LogP contribution in [-0.4, -0.2) is 39.5 Å². The quantitative estimate of drug-likeness (QED) is 0.708. The highest BCUT2D eigenvalue weighted by molar-refractivity contribution is 7.18. The number of aryl methyl sites for hydroxylation is 2. The van der Waals surface area contributed by atoms with Crippen molar-refractivity contribution in [3.63, 3.8) is 0 Å². The Hall–Kier alpha value is -2.22. The van der Waals surface area contributed by atoms with Gasteiger partial charge in [-0.3, -0.25) is 14.2 Å². The third-order valence-electron chi connectivity index (χ3n) is 5.41. The van der Waals surface area contributed by atoms with Gasteiger partial charge in [0, 0.05) is 29.9 Å². The van der Waals surface area contributed by atoms with Crippen molar-refractivity contribution in [1.82, 2.24) is 14.5 Å². The molecule has 3 heterocycles. The molecule has 0 bridgehead atoms. The molecular weight excluding hydrogens is 396 g/mol. The van der Waals surface area contributed by atoms with Gasteiger partial charge in [0.2, 0.25) is 5.91 Å². The van der Waals surface area contributed by atoms with Crippen molar-refractivity contribution >= 4 is 39.9 Å². The van der Waals surface area contributed by atoms with Crippen LogP contribution >= 0.6 is 23.7 Å². The number of halogens is 1. The van der Waals surface area contributed by atoms with Crippen LogP contribution in [0.3, 0.4) is 0 Å². The van der Waals surface area contributed by atoms with Crippen molar-refractivity contribution < 1.29 is 4.79 Å². The minimum Gasteiger partial charge on any atom is -0.339 e. The maximum atomic E-state index is 12.8. The van der Waals surface area contributed by atoms with Crippen molar-refractivity contribution in [2.75, 3.05) is 13.1 Å². The first-order valence-electron chi connectivity index (χ1n) is 8.99. The number of benzene rings is 1. The highest BCUT2D eigenvalue weighted by Gasteiger charge is 2.33. The molecule has 2 N–H and O–H groups in total. The molecule has 0 aliphatic carbocycles. The van der Waals surface area contributed by atoms with Gasteiger partial charge in [0.05, 0.1) is 11.7 Å². The fourth-order valence-corrected chi connectivity index (χ4v) is 4.70. The van der Waals surface area contributed by atoms with Crippen molar-refractivity contribution in [1.29, 1.82) is 0 Å². The van der Waals surface area contributed by atoms with E-state index in [1.54, 1.807) is 4.90 Å². The number of amides is 1. The average molecular weight is 419 g/mol. The van der Waals surface area contributed by atoms with Gasteiger partial charge >= 0.3 is 0 Å². The lowest BCUT2D eigenvalue weighted by molar-refractivity contribution is -0.130. The minimum absolute atomic E-state index is 0.